The van der Waals surface area contributed by atoms with E-state index in [2.05, 4.69) is 0 Å². The van der Waals surface area contributed by atoms with Crippen LogP contribution < -0.4 is 4.74 Å². The molecule has 1 aliphatic rings. The summed E-state index contributed by atoms with van der Waals surface area (Å²) in [5.74, 6) is -0.584. The maximum Gasteiger partial charge on any atom is 0.198 e. The molecule has 0 amide bonds. The third-order valence-corrected chi connectivity index (χ3v) is 3.38. The van der Waals surface area contributed by atoms with Crippen molar-refractivity contribution in [1.82, 2.24) is 0 Å². The standard InChI is InChI=1S/C17H14O4/c1-9(2)21-17-13(18)8-7-12-14(17)16(20)11-6-4-3-5-10(11)15(12)19/h3-9,18H,1-2H3. The Morgan fingerprint density at radius 1 is 0.905 bits per heavy atom. The normalized spacial score (nSPS) is 13.1. The lowest BCUT2D eigenvalue weighted by Crippen LogP contribution is -2.22. The van der Waals surface area contributed by atoms with Crippen LogP contribution in [0.3, 0.4) is 0 Å². The first kappa shape index (κ1) is 13.4. The summed E-state index contributed by atoms with van der Waals surface area (Å²) < 4.78 is 5.55. The number of hydrogen-bond acceptors (Lipinski definition) is 4. The number of phenolic OH excluding ortho intramolecular Hbond substituents is 1. The maximum absolute atomic E-state index is 12.7. The Balaban J connectivity index is 2.28. The molecule has 0 unspecified atom stereocenters. The van der Waals surface area contributed by atoms with Crippen molar-refractivity contribution in [3.8, 4) is 11.5 Å². The van der Waals surface area contributed by atoms with Crippen molar-refractivity contribution in [3.05, 3.63) is 58.7 Å². The van der Waals surface area contributed by atoms with E-state index in [-0.39, 0.29) is 40.3 Å². The third-order valence-electron chi connectivity index (χ3n) is 3.38. The number of aromatic hydroxyl groups is 1. The molecular weight excluding hydrogens is 268 g/mol. The first-order chi connectivity index (χ1) is 10.0. The number of carbonyl (C=O) groups is 2. The molecule has 0 fully saturated rings. The van der Waals surface area contributed by atoms with Gasteiger partial charge in [-0.15, -0.1) is 0 Å². The second kappa shape index (κ2) is 4.74. The highest BCUT2D eigenvalue weighted by atomic mass is 16.5. The fraction of sp³-hybridized carbons (Fsp3) is 0.176. The smallest absolute Gasteiger partial charge is 0.198 e. The molecule has 0 spiro atoms. The van der Waals surface area contributed by atoms with Crippen LogP contribution in [0.25, 0.3) is 0 Å². The van der Waals surface area contributed by atoms with Crippen LogP contribution in [0.15, 0.2) is 36.4 Å². The van der Waals surface area contributed by atoms with E-state index in [4.69, 9.17) is 4.74 Å². The highest BCUT2D eigenvalue weighted by molar-refractivity contribution is 6.29. The van der Waals surface area contributed by atoms with Crippen molar-refractivity contribution in [2.75, 3.05) is 0 Å². The summed E-state index contributed by atoms with van der Waals surface area (Å²) in [5, 5.41) is 9.98. The molecule has 1 aliphatic carbocycles. The van der Waals surface area contributed by atoms with Crippen LogP contribution >= 0.6 is 0 Å². The van der Waals surface area contributed by atoms with Gasteiger partial charge in [0.15, 0.2) is 23.1 Å². The topological polar surface area (TPSA) is 63.6 Å². The van der Waals surface area contributed by atoms with E-state index in [0.717, 1.165) is 0 Å². The molecule has 2 aromatic carbocycles. The molecule has 2 aromatic rings. The van der Waals surface area contributed by atoms with Crippen LogP contribution in [0.4, 0.5) is 0 Å². The number of rotatable bonds is 2. The third kappa shape index (κ3) is 2.00. The summed E-state index contributed by atoms with van der Waals surface area (Å²) in [4.78, 5) is 25.2. The van der Waals surface area contributed by atoms with Crippen molar-refractivity contribution in [3.63, 3.8) is 0 Å². The van der Waals surface area contributed by atoms with Gasteiger partial charge in [-0.2, -0.15) is 0 Å². The van der Waals surface area contributed by atoms with Gasteiger partial charge in [0.05, 0.1) is 11.7 Å². The summed E-state index contributed by atoms with van der Waals surface area (Å²) in [5.41, 5.74) is 1.14. The Morgan fingerprint density at radius 3 is 2.14 bits per heavy atom. The second-order valence-electron chi connectivity index (χ2n) is 5.21. The highest BCUT2D eigenvalue weighted by Gasteiger charge is 2.33. The lowest BCUT2D eigenvalue weighted by atomic mass is 9.83. The summed E-state index contributed by atoms with van der Waals surface area (Å²) in [7, 11) is 0. The first-order valence-electron chi connectivity index (χ1n) is 6.71. The van der Waals surface area contributed by atoms with Gasteiger partial charge in [-0.25, -0.2) is 0 Å². The van der Waals surface area contributed by atoms with E-state index in [9.17, 15) is 14.7 Å². The average Bonchev–Trinajstić information content (AvgIpc) is 2.46. The Hall–Kier alpha value is -2.62. The number of ether oxygens (including phenoxy) is 1. The molecule has 0 saturated heterocycles. The molecule has 0 aliphatic heterocycles. The van der Waals surface area contributed by atoms with Crippen LogP contribution in [0.5, 0.6) is 11.5 Å². The first-order valence-corrected chi connectivity index (χ1v) is 6.71. The average molecular weight is 282 g/mol. The predicted octanol–water partition coefficient (Wildman–Crippen LogP) is 2.95. The van der Waals surface area contributed by atoms with Gasteiger partial charge in [-0.3, -0.25) is 9.59 Å². The fourth-order valence-electron chi connectivity index (χ4n) is 2.50. The largest absolute Gasteiger partial charge is 0.504 e. The van der Waals surface area contributed by atoms with Gasteiger partial charge < -0.3 is 9.84 Å². The number of phenols is 1. The van der Waals surface area contributed by atoms with Crippen LogP contribution in [-0.4, -0.2) is 22.8 Å². The molecule has 4 heteroatoms. The lowest BCUT2D eigenvalue weighted by Gasteiger charge is -2.22. The zero-order valence-electron chi connectivity index (χ0n) is 11.7. The lowest BCUT2D eigenvalue weighted by molar-refractivity contribution is 0.0973. The monoisotopic (exact) mass is 282 g/mol. The second-order valence-corrected chi connectivity index (χ2v) is 5.21. The summed E-state index contributed by atoms with van der Waals surface area (Å²) in [6.07, 6.45) is -0.220. The molecule has 0 bridgehead atoms. The molecule has 0 atom stereocenters. The summed E-state index contributed by atoms with van der Waals surface area (Å²) >= 11 is 0. The highest BCUT2D eigenvalue weighted by Crippen LogP contribution is 2.39. The quantitative estimate of drug-likeness (QED) is 0.785. The van der Waals surface area contributed by atoms with Crippen LogP contribution in [-0.2, 0) is 0 Å². The number of fused-ring (bicyclic) bond motifs is 2. The van der Waals surface area contributed by atoms with Gasteiger partial charge in [-0.05, 0) is 26.0 Å². The molecule has 3 rings (SSSR count). The molecule has 0 aromatic heterocycles. The zero-order chi connectivity index (χ0) is 15.1. The Labute approximate surface area is 122 Å². The maximum atomic E-state index is 12.7. The molecule has 4 nitrogen and oxygen atoms in total. The fourth-order valence-corrected chi connectivity index (χ4v) is 2.50. The van der Waals surface area contributed by atoms with E-state index >= 15 is 0 Å². The number of benzene rings is 2. The minimum Gasteiger partial charge on any atom is -0.504 e. The van der Waals surface area contributed by atoms with Gasteiger partial charge in [-0.1, -0.05) is 24.3 Å². The summed E-state index contributed by atoms with van der Waals surface area (Å²) in [6.45, 7) is 3.59. The van der Waals surface area contributed by atoms with E-state index < -0.39 is 0 Å². The van der Waals surface area contributed by atoms with Crippen LogP contribution in [0, 0.1) is 0 Å². The number of carbonyl (C=O) groups excluding carboxylic acids is 2. The molecule has 0 heterocycles. The Kier molecular flexibility index (Phi) is 3.01. The van der Waals surface area contributed by atoms with E-state index in [0.29, 0.717) is 11.1 Å². The molecule has 0 saturated carbocycles. The van der Waals surface area contributed by atoms with Crippen molar-refractivity contribution in [2.24, 2.45) is 0 Å². The van der Waals surface area contributed by atoms with Crippen molar-refractivity contribution in [1.29, 1.82) is 0 Å². The SMILES string of the molecule is CC(C)Oc1c(O)ccc2c1C(=O)c1ccccc1C2=O. The van der Waals surface area contributed by atoms with Gasteiger partial charge in [0.2, 0.25) is 0 Å². The minimum absolute atomic E-state index is 0.0790. The molecule has 0 radical (unpaired) electrons. The van der Waals surface area contributed by atoms with Gasteiger partial charge >= 0.3 is 0 Å². The molecular formula is C17H14O4. The van der Waals surface area contributed by atoms with Gasteiger partial charge in [0.25, 0.3) is 0 Å². The van der Waals surface area contributed by atoms with E-state index in [1.807, 2.05) is 0 Å². The Morgan fingerprint density at radius 2 is 1.52 bits per heavy atom. The van der Waals surface area contributed by atoms with E-state index in [1.54, 1.807) is 38.1 Å². The van der Waals surface area contributed by atoms with Crippen molar-refractivity contribution >= 4 is 11.6 Å². The van der Waals surface area contributed by atoms with Gasteiger partial charge in [0, 0.05) is 16.7 Å². The Bertz CT molecular complexity index is 759. The number of hydrogen-bond donors (Lipinski definition) is 1. The predicted molar refractivity (Wildman–Crippen MR) is 77.2 cm³/mol. The zero-order valence-corrected chi connectivity index (χ0v) is 11.7. The van der Waals surface area contributed by atoms with Gasteiger partial charge in [0.1, 0.15) is 0 Å². The molecule has 106 valence electrons. The van der Waals surface area contributed by atoms with E-state index in [1.165, 1.54) is 12.1 Å². The number of ketones is 2. The van der Waals surface area contributed by atoms with Crippen molar-refractivity contribution < 1.29 is 19.4 Å². The minimum atomic E-state index is -0.299. The van der Waals surface area contributed by atoms with Crippen molar-refractivity contribution in [2.45, 2.75) is 20.0 Å². The summed E-state index contributed by atoms with van der Waals surface area (Å²) in [6, 6.07) is 9.53. The molecule has 1 N–H and O–H groups in total. The van der Waals surface area contributed by atoms with Crippen LogP contribution in [0.2, 0.25) is 0 Å². The molecule has 21 heavy (non-hydrogen) atoms. The van der Waals surface area contributed by atoms with Crippen LogP contribution in [0.1, 0.15) is 45.7 Å².